The van der Waals surface area contributed by atoms with Crippen molar-refractivity contribution >= 4 is 33.0 Å². The number of halogens is 1. The Kier molecular flexibility index (Phi) is 5.11. The first-order valence-corrected chi connectivity index (χ1v) is 9.12. The fourth-order valence-electron chi connectivity index (χ4n) is 2.02. The van der Waals surface area contributed by atoms with Crippen LogP contribution in [0.25, 0.3) is 0 Å². The molecule has 0 aromatic carbocycles. The summed E-state index contributed by atoms with van der Waals surface area (Å²) in [6.45, 7) is 4.06. The molecule has 0 spiro atoms. The van der Waals surface area contributed by atoms with Crippen LogP contribution in [0, 0.1) is 0 Å². The molecule has 2 rings (SSSR count). The molecule has 0 aliphatic carbocycles. The molecule has 2 N–H and O–H groups in total. The van der Waals surface area contributed by atoms with Gasteiger partial charge in [-0.2, -0.15) is 0 Å². The van der Waals surface area contributed by atoms with E-state index in [0.717, 1.165) is 4.88 Å². The number of aliphatic hydroxyl groups excluding tert-OH is 1. The Labute approximate surface area is 133 Å². The molecule has 0 amide bonds. The molecular weight excluding hydrogens is 332 g/mol. The van der Waals surface area contributed by atoms with Crippen LogP contribution >= 0.6 is 22.9 Å². The van der Waals surface area contributed by atoms with Gasteiger partial charge in [0.05, 0.1) is 21.9 Å². The standard InChI is InChI=1S/C13H17ClN2O3S2/c1-3-16-7-11(6-10(16)8-17)21(18,19)15-9(2)12-4-5-13(14)20-12/h4-7,9,15,17H,3,8H2,1-2H3. The lowest BCUT2D eigenvalue weighted by molar-refractivity contribution is 0.271. The molecule has 2 heterocycles. The predicted octanol–water partition coefficient (Wildman–Crippen LogP) is 2.75. The Bertz CT molecular complexity index is 700. The maximum absolute atomic E-state index is 12.4. The summed E-state index contributed by atoms with van der Waals surface area (Å²) >= 11 is 7.21. The molecule has 0 bridgehead atoms. The quantitative estimate of drug-likeness (QED) is 0.843. The largest absolute Gasteiger partial charge is 0.390 e. The number of nitrogens with one attached hydrogen (secondary N) is 1. The third-order valence-electron chi connectivity index (χ3n) is 3.13. The summed E-state index contributed by atoms with van der Waals surface area (Å²) in [5.74, 6) is 0. The predicted molar refractivity (Wildman–Crippen MR) is 84.1 cm³/mol. The van der Waals surface area contributed by atoms with Crippen LogP contribution in [0.2, 0.25) is 4.34 Å². The summed E-state index contributed by atoms with van der Waals surface area (Å²) in [4.78, 5) is 1.00. The molecule has 116 valence electrons. The van der Waals surface area contributed by atoms with Crippen LogP contribution in [0.3, 0.4) is 0 Å². The van der Waals surface area contributed by atoms with Crippen molar-refractivity contribution < 1.29 is 13.5 Å². The average Bonchev–Trinajstić information content (AvgIpc) is 3.03. The first-order chi connectivity index (χ1) is 9.87. The monoisotopic (exact) mass is 348 g/mol. The molecule has 0 saturated carbocycles. The Balaban J connectivity index is 2.24. The van der Waals surface area contributed by atoms with Gasteiger partial charge in [0.25, 0.3) is 0 Å². The summed E-state index contributed by atoms with van der Waals surface area (Å²) in [5.41, 5.74) is 0.574. The molecule has 21 heavy (non-hydrogen) atoms. The van der Waals surface area contributed by atoms with E-state index in [0.29, 0.717) is 16.6 Å². The number of aromatic nitrogens is 1. The summed E-state index contributed by atoms with van der Waals surface area (Å²) in [5, 5.41) is 9.24. The molecule has 5 nitrogen and oxygen atoms in total. The third-order valence-corrected chi connectivity index (χ3v) is 6.05. The van der Waals surface area contributed by atoms with E-state index in [4.69, 9.17) is 11.6 Å². The fourth-order valence-corrected chi connectivity index (χ4v) is 4.44. The topological polar surface area (TPSA) is 71.3 Å². The highest BCUT2D eigenvalue weighted by Crippen LogP contribution is 2.28. The van der Waals surface area contributed by atoms with Crippen LogP contribution in [-0.2, 0) is 23.2 Å². The maximum Gasteiger partial charge on any atom is 0.242 e. The van der Waals surface area contributed by atoms with Crippen molar-refractivity contribution in [3.05, 3.63) is 39.3 Å². The van der Waals surface area contributed by atoms with Crippen LogP contribution < -0.4 is 4.72 Å². The molecule has 1 unspecified atom stereocenters. The SMILES string of the molecule is CCn1cc(S(=O)(=O)NC(C)c2ccc(Cl)s2)cc1CO. The van der Waals surface area contributed by atoms with Crippen molar-refractivity contribution in [1.82, 2.24) is 9.29 Å². The van der Waals surface area contributed by atoms with E-state index in [1.54, 1.807) is 23.6 Å². The molecular formula is C13H17ClN2O3S2. The minimum absolute atomic E-state index is 0.155. The lowest BCUT2D eigenvalue weighted by Gasteiger charge is -2.11. The number of aryl methyl sites for hydroxylation is 1. The number of thiophene rings is 1. The zero-order valence-corrected chi connectivity index (χ0v) is 14.1. The maximum atomic E-state index is 12.4. The third kappa shape index (κ3) is 3.67. The minimum atomic E-state index is -3.64. The second-order valence-corrected chi connectivity index (χ2v) is 8.06. The Morgan fingerprint density at radius 3 is 2.67 bits per heavy atom. The second kappa shape index (κ2) is 6.50. The first kappa shape index (κ1) is 16.5. The van der Waals surface area contributed by atoms with Gasteiger partial charge in [0.15, 0.2) is 0 Å². The van der Waals surface area contributed by atoms with Gasteiger partial charge >= 0.3 is 0 Å². The van der Waals surface area contributed by atoms with Crippen molar-refractivity contribution in [2.45, 2.75) is 37.9 Å². The molecule has 0 radical (unpaired) electrons. The lowest BCUT2D eigenvalue weighted by atomic mass is 10.3. The Morgan fingerprint density at radius 2 is 2.19 bits per heavy atom. The Hall–Kier alpha value is -0.860. The smallest absolute Gasteiger partial charge is 0.242 e. The number of sulfonamides is 1. The van der Waals surface area contributed by atoms with Crippen LogP contribution in [0.5, 0.6) is 0 Å². The summed E-state index contributed by atoms with van der Waals surface area (Å²) in [6.07, 6.45) is 1.53. The van der Waals surface area contributed by atoms with Crippen LogP contribution in [0.15, 0.2) is 29.3 Å². The summed E-state index contributed by atoms with van der Waals surface area (Å²) in [6, 6.07) is 4.66. The van der Waals surface area contributed by atoms with E-state index in [1.807, 2.05) is 6.92 Å². The van der Waals surface area contributed by atoms with E-state index in [2.05, 4.69) is 4.72 Å². The van der Waals surface area contributed by atoms with Gasteiger partial charge in [0.1, 0.15) is 0 Å². The van der Waals surface area contributed by atoms with Gasteiger partial charge in [0, 0.05) is 23.3 Å². The highest BCUT2D eigenvalue weighted by Gasteiger charge is 2.21. The highest BCUT2D eigenvalue weighted by atomic mass is 35.5. The number of aliphatic hydroxyl groups is 1. The first-order valence-electron chi connectivity index (χ1n) is 6.45. The average molecular weight is 349 g/mol. The number of hydrogen-bond acceptors (Lipinski definition) is 4. The van der Waals surface area contributed by atoms with Gasteiger partial charge in [-0.25, -0.2) is 13.1 Å². The molecule has 2 aromatic rings. The van der Waals surface area contributed by atoms with E-state index in [1.165, 1.54) is 23.6 Å². The van der Waals surface area contributed by atoms with Crippen LogP contribution in [0.4, 0.5) is 0 Å². The second-order valence-electron chi connectivity index (χ2n) is 4.60. The van der Waals surface area contributed by atoms with Gasteiger partial charge in [0.2, 0.25) is 10.0 Å². The molecule has 8 heteroatoms. The molecule has 0 aliphatic heterocycles. The summed E-state index contributed by atoms with van der Waals surface area (Å²) in [7, 11) is -3.64. The number of rotatable bonds is 6. The lowest BCUT2D eigenvalue weighted by Crippen LogP contribution is -2.26. The van der Waals surface area contributed by atoms with Gasteiger partial charge < -0.3 is 9.67 Å². The van der Waals surface area contributed by atoms with E-state index >= 15 is 0 Å². The fraction of sp³-hybridized carbons (Fsp3) is 0.385. The normalized spacial score (nSPS) is 13.5. The van der Waals surface area contributed by atoms with E-state index in [-0.39, 0.29) is 17.5 Å². The summed E-state index contributed by atoms with van der Waals surface area (Å²) < 4.78 is 29.7. The minimum Gasteiger partial charge on any atom is -0.390 e. The zero-order valence-electron chi connectivity index (χ0n) is 11.7. The molecule has 2 aromatic heterocycles. The van der Waals surface area contributed by atoms with Gasteiger partial charge in [-0.05, 0) is 32.0 Å². The molecule has 1 atom stereocenters. The van der Waals surface area contributed by atoms with Gasteiger partial charge in [-0.1, -0.05) is 11.6 Å². The van der Waals surface area contributed by atoms with Crippen molar-refractivity contribution in [3.8, 4) is 0 Å². The van der Waals surface area contributed by atoms with Gasteiger partial charge in [-0.15, -0.1) is 11.3 Å². The van der Waals surface area contributed by atoms with Crippen molar-refractivity contribution in [1.29, 1.82) is 0 Å². The Morgan fingerprint density at radius 1 is 1.48 bits per heavy atom. The van der Waals surface area contributed by atoms with Crippen molar-refractivity contribution in [3.63, 3.8) is 0 Å². The van der Waals surface area contributed by atoms with Crippen LogP contribution in [0.1, 0.15) is 30.5 Å². The number of nitrogens with zero attached hydrogens (tertiary/aromatic N) is 1. The number of hydrogen-bond donors (Lipinski definition) is 2. The molecule has 0 fully saturated rings. The molecule has 0 aliphatic rings. The van der Waals surface area contributed by atoms with E-state index in [9.17, 15) is 13.5 Å². The zero-order chi connectivity index (χ0) is 15.6. The van der Waals surface area contributed by atoms with Crippen LogP contribution in [-0.4, -0.2) is 18.1 Å². The van der Waals surface area contributed by atoms with Gasteiger partial charge in [-0.3, -0.25) is 0 Å². The van der Waals surface area contributed by atoms with Crippen molar-refractivity contribution in [2.24, 2.45) is 0 Å². The van der Waals surface area contributed by atoms with Crippen molar-refractivity contribution in [2.75, 3.05) is 0 Å². The molecule has 0 saturated heterocycles. The highest BCUT2D eigenvalue weighted by molar-refractivity contribution is 7.89. The van der Waals surface area contributed by atoms with E-state index < -0.39 is 10.0 Å².